The second-order valence-corrected chi connectivity index (χ2v) is 7.23. The largest absolute Gasteiger partial charge is 0.401 e. The van der Waals surface area contributed by atoms with E-state index < -0.39 is 12.7 Å². The van der Waals surface area contributed by atoms with Crippen molar-refractivity contribution in [3.63, 3.8) is 0 Å². The number of alkyl halides is 3. The van der Waals surface area contributed by atoms with Crippen molar-refractivity contribution in [2.24, 2.45) is 0 Å². The lowest BCUT2D eigenvalue weighted by Crippen LogP contribution is -2.48. The van der Waals surface area contributed by atoms with Crippen molar-refractivity contribution in [2.45, 2.75) is 12.7 Å². The molecule has 1 aliphatic rings. The van der Waals surface area contributed by atoms with Crippen LogP contribution in [0.4, 0.5) is 19.1 Å². The summed E-state index contributed by atoms with van der Waals surface area (Å²) in [6, 6.07) is 14.1. The number of rotatable bonds is 5. The van der Waals surface area contributed by atoms with Gasteiger partial charge in [-0.2, -0.15) is 18.2 Å². The molecule has 2 aromatic heterocycles. The van der Waals surface area contributed by atoms with Gasteiger partial charge in [-0.25, -0.2) is 4.52 Å². The number of pyridine rings is 1. The fraction of sp³-hybridized carbons (Fsp3) is 0.381. The van der Waals surface area contributed by atoms with E-state index in [2.05, 4.69) is 32.4 Å². The molecule has 166 valence electrons. The monoisotopic (exact) mass is 434 g/mol. The summed E-state index contributed by atoms with van der Waals surface area (Å²) >= 11 is 0. The van der Waals surface area contributed by atoms with E-state index >= 15 is 0 Å². The molecule has 3 aromatic rings. The van der Waals surface area contributed by atoms with Crippen LogP contribution in [0, 0.1) is 0 Å². The lowest BCUT2D eigenvalue weighted by molar-refractivity contribution is -0.149. The first-order chi connectivity index (χ1) is 14.9. The molecule has 7 nitrogen and oxygen atoms in total. The zero-order valence-electron chi connectivity index (χ0n) is 17.3. The summed E-state index contributed by atoms with van der Waals surface area (Å²) in [7, 11) is 1.78. The molecule has 0 amide bonds. The van der Waals surface area contributed by atoms with Gasteiger partial charge < -0.3 is 10.1 Å². The number of nitrogens with zero attached hydrogens (tertiary/aromatic N) is 5. The molecule has 31 heavy (non-hydrogen) atoms. The van der Waals surface area contributed by atoms with Gasteiger partial charge in [0.25, 0.3) is 0 Å². The molecule has 10 heteroatoms. The first-order valence-corrected chi connectivity index (χ1v) is 9.84. The smallest absolute Gasteiger partial charge is 0.356 e. The number of hydrogen-bond donors (Lipinski definition) is 1. The van der Waals surface area contributed by atoms with Crippen LogP contribution in [0.5, 0.6) is 0 Å². The number of benzene rings is 1. The fourth-order valence-electron chi connectivity index (χ4n) is 3.63. The Morgan fingerprint density at radius 3 is 2.26 bits per heavy atom. The minimum atomic E-state index is -4.13. The predicted octanol–water partition coefficient (Wildman–Crippen LogP) is 2.93. The number of aromatic nitrogens is 3. The second-order valence-electron chi connectivity index (χ2n) is 7.23. The van der Waals surface area contributed by atoms with E-state index in [1.54, 1.807) is 11.6 Å². The highest BCUT2D eigenvalue weighted by atomic mass is 19.4. The molecule has 0 spiro atoms. The molecule has 1 fully saturated rings. The molecular weight excluding hydrogens is 409 g/mol. The van der Waals surface area contributed by atoms with Crippen LogP contribution in [-0.4, -0.2) is 77.1 Å². The molecule has 0 saturated carbocycles. The van der Waals surface area contributed by atoms with E-state index in [9.17, 15) is 13.2 Å². The molecule has 0 radical (unpaired) electrons. The van der Waals surface area contributed by atoms with E-state index in [4.69, 9.17) is 4.79 Å². The summed E-state index contributed by atoms with van der Waals surface area (Å²) in [5.41, 5.74) is 3.89. The maximum Gasteiger partial charge on any atom is 0.401 e. The summed E-state index contributed by atoms with van der Waals surface area (Å²) in [6.45, 7) is 4.08. The van der Waals surface area contributed by atoms with Crippen molar-refractivity contribution >= 4 is 18.4 Å². The SMILES string of the molecule is C=O.CNc1nc2cccc(-c3ccc(CN4CCN(CC(F)(F)F)CC4)cc3)n2n1. The van der Waals surface area contributed by atoms with E-state index in [-0.39, 0.29) is 0 Å². The molecule has 1 N–H and O–H groups in total. The van der Waals surface area contributed by atoms with Gasteiger partial charge in [0.05, 0.1) is 12.2 Å². The number of hydrogen-bond acceptors (Lipinski definition) is 6. The van der Waals surface area contributed by atoms with E-state index in [1.807, 2.05) is 37.1 Å². The number of nitrogens with one attached hydrogen (secondary N) is 1. The van der Waals surface area contributed by atoms with Crippen LogP contribution in [0.15, 0.2) is 42.5 Å². The van der Waals surface area contributed by atoms with Gasteiger partial charge in [0, 0.05) is 45.3 Å². The van der Waals surface area contributed by atoms with Crippen LogP contribution in [0.1, 0.15) is 5.56 Å². The Morgan fingerprint density at radius 2 is 1.65 bits per heavy atom. The quantitative estimate of drug-likeness (QED) is 0.666. The summed E-state index contributed by atoms with van der Waals surface area (Å²) in [4.78, 5) is 16.1. The molecule has 0 aliphatic carbocycles. The van der Waals surface area contributed by atoms with Crippen LogP contribution in [-0.2, 0) is 11.3 Å². The highest BCUT2D eigenvalue weighted by Gasteiger charge is 2.32. The Hall–Kier alpha value is -2.98. The molecule has 1 aromatic carbocycles. The van der Waals surface area contributed by atoms with Crippen molar-refractivity contribution in [3.05, 3.63) is 48.0 Å². The molecule has 4 rings (SSSR count). The third kappa shape index (κ3) is 5.80. The van der Waals surface area contributed by atoms with Gasteiger partial charge in [-0.15, -0.1) is 5.10 Å². The summed E-state index contributed by atoms with van der Waals surface area (Å²) in [5, 5.41) is 7.41. The van der Waals surface area contributed by atoms with Gasteiger partial charge in [0.2, 0.25) is 5.95 Å². The van der Waals surface area contributed by atoms with Gasteiger partial charge in [0.1, 0.15) is 6.79 Å². The molecule has 3 heterocycles. The molecule has 1 saturated heterocycles. The maximum atomic E-state index is 12.5. The highest BCUT2D eigenvalue weighted by Crippen LogP contribution is 2.22. The first-order valence-electron chi connectivity index (χ1n) is 9.84. The minimum Gasteiger partial charge on any atom is -0.356 e. The lowest BCUT2D eigenvalue weighted by atomic mass is 10.1. The summed E-state index contributed by atoms with van der Waals surface area (Å²) < 4.78 is 39.3. The maximum absolute atomic E-state index is 12.5. The van der Waals surface area contributed by atoms with Crippen LogP contribution < -0.4 is 5.32 Å². The number of fused-ring (bicyclic) bond motifs is 1. The van der Waals surface area contributed by atoms with Crippen LogP contribution >= 0.6 is 0 Å². The number of piperazine rings is 1. The zero-order valence-corrected chi connectivity index (χ0v) is 17.3. The summed E-state index contributed by atoms with van der Waals surface area (Å²) in [6.07, 6.45) is -4.13. The number of anilines is 1. The van der Waals surface area contributed by atoms with Crippen LogP contribution in [0.2, 0.25) is 0 Å². The predicted molar refractivity (Wildman–Crippen MR) is 113 cm³/mol. The average Bonchev–Trinajstić information content (AvgIpc) is 3.20. The van der Waals surface area contributed by atoms with E-state index in [0.29, 0.717) is 32.1 Å². The Labute approximate surface area is 178 Å². The van der Waals surface area contributed by atoms with Gasteiger partial charge in [-0.05, 0) is 17.7 Å². The van der Waals surface area contributed by atoms with Crippen molar-refractivity contribution in [2.75, 3.05) is 45.1 Å². The molecule has 0 unspecified atom stereocenters. The zero-order chi connectivity index (χ0) is 22.4. The molecular formula is C21H25F3N6O. The molecule has 0 bridgehead atoms. The van der Waals surface area contributed by atoms with Crippen LogP contribution in [0.25, 0.3) is 16.9 Å². The van der Waals surface area contributed by atoms with Crippen molar-refractivity contribution in [1.29, 1.82) is 0 Å². The van der Waals surface area contributed by atoms with Gasteiger partial charge in [-0.3, -0.25) is 9.80 Å². The topological polar surface area (TPSA) is 65.8 Å². The summed E-state index contributed by atoms with van der Waals surface area (Å²) in [5.74, 6) is 0.568. The van der Waals surface area contributed by atoms with E-state index in [0.717, 1.165) is 29.0 Å². The van der Waals surface area contributed by atoms with Gasteiger partial charge >= 0.3 is 6.18 Å². The second kappa shape index (κ2) is 9.88. The van der Waals surface area contributed by atoms with Crippen LogP contribution in [0.3, 0.4) is 0 Å². The third-order valence-corrected chi connectivity index (χ3v) is 5.11. The standard InChI is InChI=1S/C20H23F3N6.CH2O/c1-24-19-25-18-4-2-3-17(29(18)26-19)16-7-5-15(6-8-16)13-27-9-11-28(12-10-27)14-20(21,22)23;1-2/h2-8H,9-14H2,1H3,(H,24,26);1H2. The number of carbonyl (C=O) groups excluding carboxylic acids is 1. The van der Waals surface area contributed by atoms with E-state index in [1.165, 1.54) is 4.90 Å². The Kier molecular flexibility index (Phi) is 7.24. The minimum absolute atomic E-state index is 0.444. The Balaban J connectivity index is 0.00000132. The number of carbonyl (C=O) groups is 1. The van der Waals surface area contributed by atoms with Gasteiger partial charge in [0.15, 0.2) is 5.65 Å². The molecule has 1 aliphatic heterocycles. The number of halogens is 3. The fourth-order valence-corrected chi connectivity index (χ4v) is 3.63. The molecule has 0 atom stereocenters. The van der Waals surface area contributed by atoms with Gasteiger partial charge in [-0.1, -0.05) is 30.3 Å². The van der Waals surface area contributed by atoms with Crippen molar-refractivity contribution < 1.29 is 18.0 Å². The normalized spacial score (nSPS) is 15.5. The Morgan fingerprint density at radius 1 is 1.00 bits per heavy atom. The third-order valence-electron chi connectivity index (χ3n) is 5.11. The Bertz CT molecular complexity index is 981. The lowest BCUT2D eigenvalue weighted by Gasteiger charge is -2.35. The van der Waals surface area contributed by atoms with Crippen molar-refractivity contribution in [1.82, 2.24) is 24.4 Å². The highest BCUT2D eigenvalue weighted by molar-refractivity contribution is 5.64. The first kappa shape index (κ1) is 22.7. The average molecular weight is 434 g/mol. The van der Waals surface area contributed by atoms with Crippen molar-refractivity contribution in [3.8, 4) is 11.3 Å².